The number of methoxy groups -OCH3 is 3. The van der Waals surface area contributed by atoms with Gasteiger partial charge in [-0.3, -0.25) is 0 Å². The molecule has 1 aliphatic rings. The Hall–Kier alpha value is -2.24. The second kappa shape index (κ2) is 15.0. The number of rotatable bonds is 16. The Bertz CT molecular complexity index is 886. The van der Waals surface area contributed by atoms with Gasteiger partial charge in [-0.2, -0.15) is 0 Å². The van der Waals surface area contributed by atoms with Crippen molar-refractivity contribution < 1.29 is 14.2 Å². The number of fused-ring (bicyclic) bond motifs is 1. The number of nitrogens with one attached hydrogen (secondary N) is 1. The Morgan fingerprint density at radius 3 is 2.54 bits per heavy atom. The van der Waals surface area contributed by atoms with Crippen LogP contribution in [0.1, 0.15) is 62.1 Å². The zero-order chi connectivity index (χ0) is 24.9. The van der Waals surface area contributed by atoms with Gasteiger partial charge in [0.25, 0.3) is 0 Å². The first-order valence-corrected chi connectivity index (χ1v) is 13.5. The standard InChI is InChI=1S/C30H46N2O3/c1-5-20-32(26-14-15-28-25(23-26)13-16-29(34-3)30(28)35-4)21-9-7-6-8-18-31-19-17-24-11-10-12-27(22-24)33-2/h10-13,16,22,26,31H,5-9,14-15,17-21,23H2,1-4H3. The summed E-state index contributed by atoms with van der Waals surface area (Å²) in [6, 6.07) is 13.3. The van der Waals surface area contributed by atoms with Crippen molar-refractivity contribution in [1.29, 1.82) is 0 Å². The molecule has 5 nitrogen and oxygen atoms in total. The fraction of sp³-hybridized carbons (Fsp3) is 0.600. The molecule has 0 saturated carbocycles. The van der Waals surface area contributed by atoms with Crippen LogP contribution in [-0.2, 0) is 19.3 Å². The highest BCUT2D eigenvalue weighted by atomic mass is 16.5. The highest BCUT2D eigenvalue weighted by Crippen LogP contribution is 2.38. The van der Waals surface area contributed by atoms with Crippen molar-refractivity contribution in [3.05, 3.63) is 53.1 Å². The van der Waals surface area contributed by atoms with E-state index in [4.69, 9.17) is 14.2 Å². The molecule has 0 heterocycles. The Morgan fingerprint density at radius 2 is 1.77 bits per heavy atom. The number of unbranched alkanes of at least 4 members (excludes halogenated alkanes) is 3. The summed E-state index contributed by atoms with van der Waals surface area (Å²) in [4.78, 5) is 2.74. The van der Waals surface area contributed by atoms with Gasteiger partial charge in [0.05, 0.1) is 21.3 Å². The highest BCUT2D eigenvalue weighted by Gasteiger charge is 2.27. The summed E-state index contributed by atoms with van der Waals surface area (Å²) in [6.45, 7) is 6.84. The molecule has 0 aromatic heterocycles. The van der Waals surface area contributed by atoms with Crippen molar-refractivity contribution >= 4 is 0 Å². The third kappa shape index (κ3) is 8.15. The molecule has 2 aromatic carbocycles. The van der Waals surface area contributed by atoms with Gasteiger partial charge in [0.2, 0.25) is 0 Å². The van der Waals surface area contributed by atoms with E-state index in [1.54, 1.807) is 21.3 Å². The molecule has 0 radical (unpaired) electrons. The first kappa shape index (κ1) is 27.3. The second-order valence-corrected chi connectivity index (χ2v) is 9.64. The molecule has 0 fully saturated rings. The lowest BCUT2D eigenvalue weighted by Gasteiger charge is -2.36. The van der Waals surface area contributed by atoms with Crippen molar-refractivity contribution in [3.63, 3.8) is 0 Å². The van der Waals surface area contributed by atoms with E-state index in [0.717, 1.165) is 49.6 Å². The van der Waals surface area contributed by atoms with Crippen molar-refractivity contribution in [2.45, 2.75) is 70.8 Å². The largest absolute Gasteiger partial charge is 0.497 e. The molecule has 1 unspecified atom stereocenters. The molecule has 0 amide bonds. The Balaban J connectivity index is 1.34. The lowest BCUT2D eigenvalue weighted by Crippen LogP contribution is -2.40. The van der Waals surface area contributed by atoms with Gasteiger partial charge in [0, 0.05) is 11.6 Å². The minimum Gasteiger partial charge on any atom is -0.497 e. The smallest absolute Gasteiger partial charge is 0.164 e. The van der Waals surface area contributed by atoms with Crippen LogP contribution in [0.3, 0.4) is 0 Å². The van der Waals surface area contributed by atoms with Crippen LogP contribution in [0.5, 0.6) is 17.2 Å². The van der Waals surface area contributed by atoms with E-state index in [2.05, 4.69) is 47.5 Å². The van der Waals surface area contributed by atoms with Crippen LogP contribution in [0.15, 0.2) is 36.4 Å². The fourth-order valence-electron chi connectivity index (χ4n) is 5.34. The molecule has 2 aromatic rings. The highest BCUT2D eigenvalue weighted by molar-refractivity contribution is 5.52. The molecule has 0 spiro atoms. The van der Waals surface area contributed by atoms with E-state index in [1.165, 1.54) is 68.3 Å². The number of benzene rings is 2. The van der Waals surface area contributed by atoms with Crippen LogP contribution in [0.2, 0.25) is 0 Å². The van der Waals surface area contributed by atoms with Gasteiger partial charge in [-0.25, -0.2) is 0 Å². The molecular formula is C30H46N2O3. The average molecular weight is 483 g/mol. The van der Waals surface area contributed by atoms with Crippen molar-refractivity contribution in [1.82, 2.24) is 10.2 Å². The zero-order valence-corrected chi connectivity index (χ0v) is 22.4. The Morgan fingerprint density at radius 1 is 0.914 bits per heavy atom. The number of hydrogen-bond acceptors (Lipinski definition) is 5. The molecule has 0 bridgehead atoms. The quantitative estimate of drug-likeness (QED) is 0.312. The van der Waals surface area contributed by atoms with Gasteiger partial charge in [-0.1, -0.05) is 38.0 Å². The first-order chi connectivity index (χ1) is 17.2. The van der Waals surface area contributed by atoms with Crippen LogP contribution in [-0.4, -0.2) is 58.5 Å². The minimum atomic E-state index is 0.638. The topological polar surface area (TPSA) is 43.0 Å². The van der Waals surface area contributed by atoms with E-state index in [0.29, 0.717) is 6.04 Å². The number of nitrogens with zero attached hydrogens (tertiary/aromatic N) is 1. The molecule has 1 aliphatic carbocycles. The summed E-state index contributed by atoms with van der Waals surface area (Å²) in [5.41, 5.74) is 4.11. The lowest BCUT2D eigenvalue weighted by atomic mass is 9.86. The van der Waals surface area contributed by atoms with Crippen LogP contribution < -0.4 is 19.5 Å². The van der Waals surface area contributed by atoms with Crippen molar-refractivity contribution in [3.8, 4) is 17.2 Å². The Kier molecular flexibility index (Phi) is 11.7. The van der Waals surface area contributed by atoms with Crippen LogP contribution in [0.4, 0.5) is 0 Å². The molecule has 0 saturated heterocycles. The van der Waals surface area contributed by atoms with Crippen LogP contribution in [0, 0.1) is 0 Å². The van der Waals surface area contributed by atoms with Crippen LogP contribution in [0.25, 0.3) is 0 Å². The summed E-state index contributed by atoms with van der Waals surface area (Å²) in [5, 5.41) is 3.60. The summed E-state index contributed by atoms with van der Waals surface area (Å²) < 4.78 is 16.5. The van der Waals surface area contributed by atoms with E-state index < -0.39 is 0 Å². The predicted molar refractivity (Wildman–Crippen MR) is 145 cm³/mol. The van der Waals surface area contributed by atoms with Gasteiger partial charge in [-0.05, 0) is 100 Å². The Labute approximate surface area is 213 Å². The normalized spacial score (nSPS) is 15.2. The van der Waals surface area contributed by atoms with Gasteiger partial charge in [0.15, 0.2) is 11.5 Å². The summed E-state index contributed by atoms with van der Waals surface area (Å²) >= 11 is 0. The molecule has 35 heavy (non-hydrogen) atoms. The van der Waals surface area contributed by atoms with E-state index >= 15 is 0 Å². The molecular weight excluding hydrogens is 436 g/mol. The van der Waals surface area contributed by atoms with Gasteiger partial charge < -0.3 is 24.4 Å². The summed E-state index contributed by atoms with van der Waals surface area (Å²) in [7, 11) is 5.20. The fourth-order valence-corrected chi connectivity index (χ4v) is 5.34. The summed E-state index contributed by atoms with van der Waals surface area (Å²) in [6.07, 6.45) is 10.8. The maximum absolute atomic E-state index is 5.69. The second-order valence-electron chi connectivity index (χ2n) is 9.64. The zero-order valence-electron chi connectivity index (χ0n) is 22.4. The van der Waals surface area contributed by atoms with E-state index in [-0.39, 0.29) is 0 Å². The molecule has 1 atom stereocenters. The molecule has 0 aliphatic heterocycles. The summed E-state index contributed by atoms with van der Waals surface area (Å²) in [5.74, 6) is 2.73. The number of hydrogen-bond donors (Lipinski definition) is 1. The van der Waals surface area contributed by atoms with E-state index in [9.17, 15) is 0 Å². The molecule has 3 rings (SSSR count). The molecule has 1 N–H and O–H groups in total. The SMILES string of the molecule is CCCN(CCCCCCNCCc1cccc(OC)c1)C1CCc2c(ccc(OC)c2OC)C1. The minimum absolute atomic E-state index is 0.638. The van der Waals surface area contributed by atoms with Crippen molar-refractivity contribution in [2.24, 2.45) is 0 Å². The van der Waals surface area contributed by atoms with Gasteiger partial charge in [0.1, 0.15) is 5.75 Å². The molecule has 194 valence electrons. The van der Waals surface area contributed by atoms with E-state index in [1.807, 2.05) is 6.07 Å². The number of ether oxygens (including phenoxy) is 3. The maximum atomic E-state index is 5.69. The average Bonchev–Trinajstić information content (AvgIpc) is 2.90. The molecule has 5 heteroatoms. The van der Waals surface area contributed by atoms with Gasteiger partial charge >= 0.3 is 0 Å². The first-order valence-electron chi connectivity index (χ1n) is 13.5. The maximum Gasteiger partial charge on any atom is 0.164 e. The van der Waals surface area contributed by atoms with Crippen molar-refractivity contribution in [2.75, 3.05) is 47.5 Å². The third-order valence-electron chi connectivity index (χ3n) is 7.23. The van der Waals surface area contributed by atoms with Gasteiger partial charge in [-0.15, -0.1) is 0 Å². The lowest BCUT2D eigenvalue weighted by molar-refractivity contribution is 0.175. The van der Waals surface area contributed by atoms with Crippen LogP contribution >= 0.6 is 0 Å². The predicted octanol–water partition coefficient (Wildman–Crippen LogP) is 5.67. The third-order valence-corrected chi connectivity index (χ3v) is 7.23. The monoisotopic (exact) mass is 482 g/mol.